The summed E-state index contributed by atoms with van der Waals surface area (Å²) in [5, 5.41) is 11.7. The lowest BCUT2D eigenvalue weighted by molar-refractivity contribution is -0.132. The minimum absolute atomic E-state index is 0.0124. The van der Waals surface area contributed by atoms with Crippen LogP contribution in [0.1, 0.15) is 69.8 Å². The molecule has 0 bridgehead atoms. The van der Waals surface area contributed by atoms with Gasteiger partial charge in [0.1, 0.15) is 17.2 Å². The molecule has 3 aromatic rings. The predicted molar refractivity (Wildman–Crippen MR) is 166 cm³/mol. The average Bonchev–Trinajstić information content (AvgIpc) is 3.51. The number of carbonyl (C=O) groups excluding carboxylic acids is 3. The number of aryl methyl sites for hydroxylation is 3. The summed E-state index contributed by atoms with van der Waals surface area (Å²) in [7, 11) is 1.51. The average molecular weight is 605 g/mol. The van der Waals surface area contributed by atoms with Gasteiger partial charge in [0.15, 0.2) is 16.6 Å². The van der Waals surface area contributed by atoms with Gasteiger partial charge < -0.3 is 19.3 Å². The highest BCUT2D eigenvalue weighted by atomic mass is 32.1. The van der Waals surface area contributed by atoms with Gasteiger partial charge in [0.25, 0.3) is 5.78 Å². The van der Waals surface area contributed by atoms with Crippen molar-refractivity contribution in [3.8, 4) is 11.5 Å². The molecule has 9 nitrogen and oxygen atoms in total. The van der Waals surface area contributed by atoms with Gasteiger partial charge in [-0.3, -0.25) is 14.5 Å². The summed E-state index contributed by atoms with van der Waals surface area (Å²) in [6, 6.07) is 9.59. The first-order valence-corrected chi connectivity index (χ1v) is 14.9. The highest BCUT2D eigenvalue weighted by Gasteiger charge is 2.48. The van der Waals surface area contributed by atoms with Crippen LogP contribution in [0.25, 0.3) is 5.76 Å². The van der Waals surface area contributed by atoms with Crippen molar-refractivity contribution in [3.63, 3.8) is 0 Å². The Balaban J connectivity index is 1.89. The monoisotopic (exact) mass is 604 g/mol. The zero-order valence-electron chi connectivity index (χ0n) is 25.1. The van der Waals surface area contributed by atoms with Crippen LogP contribution in [0.5, 0.6) is 11.5 Å². The third-order valence-corrected chi connectivity index (χ3v) is 8.25. The summed E-state index contributed by atoms with van der Waals surface area (Å²) in [5.41, 5.74) is 2.79. The maximum atomic E-state index is 13.7. The number of ketones is 1. The first kappa shape index (κ1) is 31.5. The van der Waals surface area contributed by atoms with E-state index in [0.717, 1.165) is 41.7 Å². The SMILES string of the molecule is C=CCOC(=O)c1sc(N2C(=O)C(=O)C(=C(O)c3cc(C)ccc3C)C2c2ccc(OCCCCC)c(OC)c2)nc1C. The number of esters is 1. The number of aliphatic hydroxyl groups is 1. The summed E-state index contributed by atoms with van der Waals surface area (Å²) in [4.78, 5) is 45.9. The third kappa shape index (κ3) is 6.49. The molecular weight excluding hydrogens is 568 g/mol. The Morgan fingerprint density at radius 3 is 2.58 bits per heavy atom. The fraction of sp³-hybridized carbons (Fsp3) is 0.333. The second-order valence-electron chi connectivity index (χ2n) is 10.3. The quantitative estimate of drug-likeness (QED) is 0.0613. The van der Waals surface area contributed by atoms with Crippen LogP contribution in [-0.4, -0.2) is 48.1 Å². The first-order chi connectivity index (χ1) is 20.6. The molecule has 2 aromatic carbocycles. The number of thiazole rings is 1. The molecule has 0 saturated carbocycles. The number of hydrogen-bond acceptors (Lipinski definition) is 9. The third-order valence-electron chi connectivity index (χ3n) is 7.11. The summed E-state index contributed by atoms with van der Waals surface area (Å²) in [6.07, 6.45) is 4.43. The van der Waals surface area contributed by atoms with Gasteiger partial charge in [-0.25, -0.2) is 9.78 Å². The number of Topliss-reactive ketones (excluding diaryl/α,β-unsaturated/α-hetero) is 1. The lowest BCUT2D eigenvalue weighted by Crippen LogP contribution is -2.29. The highest BCUT2D eigenvalue weighted by molar-refractivity contribution is 7.17. The zero-order valence-corrected chi connectivity index (χ0v) is 25.9. The number of ether oxygens (including phenoxy) is 3. The second kappa shape index (κ2) is 13.7. The molecule has 1 atom stereocenters. The first-order valence-electron chi connectivity index (χ1n) is 14.1. The van der Waals surface area contributed by atoms with Crippen molar-refractivity contribution in [2.75, 3.05) is 25.2 Å². The summed E-state index contributed by atoms with van der Waals surface area (Å²) < 4.78 is 16.8. The molecule has 10 heteroatoms. The highest BCUT2D eigenvalue weighted by Crippen LogP contribution is 2.46. The molecule has 1 fully saturated rings. The minimum atomic E-state index is -1.06. The molecule has 0 radical (unpaired) electrons. The summed E-state index contributed by atoms with van der Waals surface area (Å²) in [5.74, 6) is -1.73. The van der Waals surface area contributed by atoms with E-state index in [2.05, 4.69) is 18.5 Å². The standard InChI is InChI=1S/C33H36N2O7S/c1-7-9-10-16-41-24-14-13-22(18-25(24)40-6)27-26(28(36)23-17-19(3)11-12-20(23)4)29(37)31(38)35(27)33-34-21(5)30(43-33)32(39)42-15-8-2/h8,11-14,17-18,27,36H,2,7,9-10,15-16H2,1,3-6H3. The molecule has 1 saturated heterocycles. The molecular formula is C33H36N2O7S. The number of benzene rings is 2. The number of carbonyl (C=O) groups is 3. The summed E-state index contributed by atoms with van der Waals surface area (Å²) in [6.45, 7) is 11.5. The smallest absolute Gasteiger partial charge is 0.350 e. The topological polar surface area (TPSA) is 115 Å². The number of aliphatic hydroxyl groups excluding tert-OH is 1. The molecule has 1 aliphatic rings. The van der Waals surface area contributed by atoms with Crippen molar-refractivity contribution < 1.29 is 33.7 Å². The summed E-state index contributed by atoms with van der Waals surface area (Å²) >= 11 is 0.936. The van der Waals surface area contributed by atoms with Crippen LogP contribution in [0.4, 0.5) is 5.13 Å². The molecule has 43 heavy (non-hydrogen) atoms. The van der Waals surface area contributed by atoms with E-state index < -0.39 is 23.7 Å². The predicted octanol–water partition coefficient (Wildman–Crippen LogP) is 6.62. The van der Waals surface area contributed by atoms with Crippen molar-refractivity contribution in [2.24, 2.45) is 0 Å². The maximum Gasteiger partial charge on any atom is 0.350 e. The normalized spacial score (nSPS) is 15.9. The fourth-order valence-electron chi connectivity index (χ4n) is 4.86. The van der Waals surface area contributed by atoms with E-state index in [1.165, 1.54) is 18.1 Å². The lowest BCUT2D eigenvalue weighted by atomic mass is 9.93. The molecule has 1 aromatic heterocycles. The molecule has 226 valence electrons. The number of hydrogen-bond donors (Lipinski definition) is 1. The Hall–Kier alpha value is -4.44. The largest absolute Gasteiger partial charge is 0.507 e. The van der Waals surface area contributed by atoms with E-state index in [9.17, 15) is 19.5 Å². The van der Waals surface area contributed by atoms with Crippen molar-refractivity contribution in [2.45, 2.75) is 53.0 Å². The van der Waals surface area contributed by atoms with E-state index in [-0.39, 0.29) is 27.9 Å². The van der Waals surface area contributed by atoms with Crippen LogP contribution in [-0.2, 0) is 14.3 Å². The van der Waals surface area contributed by atoms with Gasteiger partial charge in [-0.05, 0) is 56.5 Å². The molecule has 4 rings (SSSR count). The minimum Gasteiger partial charge on any atom is -0.507 e. The van der Waals surface area contributed by atoms with Gasteiger partial charge >= 0.3 is 11.9 Å². The number of aromatic nitrogens is 1. The van der Waals surface area contributed by atoms with Crippen LogP contribution in [0.2, 0.25) is 0 Å². The number of amides is 1. The molecule has 0 aliphatic carbocycles. The van der Waals surface area contributed by atoms with Gasteiger partial charge in [0, 0.05) is 5.56 Å². The van der Waals surface area contributed by atoms with Gasteiger partial charge in [-0.15, -0.1) is 0 Å². The molecule has 1 aliphatic heterocycles. The Morgan fingerprint density at radius 2 is 1.88 bits per heavy atom. The van der Waals surface area contributed by atoms with Crippen LogP contribution in [0.15, 0.2) is 54.6 Å². The van der Waals surface area contributed by atoms with Crippen molar-refractivity contribution in [1.29, 1.82) is 0 Å². The van der Waals surface area contributed by atoms with Crippen LogP contribution >= 0.6 is 11.3 Å². The van der Waals surface area contributed by atoms with Gasteiger partial charge in [-0.1, -0.05) is 67.5 Å². The molecule has 1 amide bonds. The van der Waals surface area contributed by atoms with Crippen molar-refractivity contribution >= 4 is 39.9 Å². The maximum absolute atomic E-state index is 13.7. The fourth-order valence-corrected chi connectivity index (χ4v) is 5.85. The molecule has 0 spiro atoms. The number of rotatable bonds is 12. The van der Waals surface area contributed by atoms with Gasteiger partial charge in [0.05, 0.1) is 31.0 Å². The van der Waals surface area contributed by atoms with E-state index in [4.69, 9.17) is 14.2 Å². The molecule has 2 heterocycles. The van der Waals surface area contributed by atoms with E-state index in [1.54, 1.807) is 31.2 Å². The van der Waals surface area contributed by atoms with Crippen LogP contribution < -0.4 is 14.4 Å². The molecule has 1 N–H and O–H groups in total. The molecule has 1 unspecified atom stereocenters. The number of methoxy groups -OCH3 is 1. The lowest BCUT2D eigenvalue weighted by Gasteiger charge is -2.24. The van der Waals surface area contributed by atoms with Crippen molar-refractivity contribution in [3.05, 3.63) is 87.5 Å². The van der Waals surface area contributed by atoms with Crippen LogP contribution in [0, 0.1) is 20.8 Å². The van der Waals surface area contributed by atoms with E-state index in [1.807, 2.05) is 26.0 Å². The van der Waals surface area contributed by atoms with E-state index >= 15 is 0 Å². The Morgan fingerprint density at radius 1 is 1.12 bits per heavy atom. The second-order valence-corrected chi connectivity index (χ2v) is 11.2. The number of nitrogens with zero attached hydrogens (tertiary/aromatic N) is 2. The zero-order chi connectivity index (χ0) is 31.3. The Labute approximate surface area is 255 Å². The van der Waals surface area contributed by atoms with Gasteiger partial charge in [0.2, 0.25) is 0 Å². The Kier molecular flexibility index (Phi) is 10.0. The van der Waals surface area contributed by atoms with Crippen LogP contribution in [0.3, 0.4) is 0 Å². The van der Waals surface area contributed by atoms with Crippen molar-refractivity contribution in [1.82, 2.24) is 4.98 Å². The number of unbranched alkanes of at least 4 members (excludes halogenated alkanes) is 2. The number of anilines is 1. The van der Waals surface area contributed by atoms with Gasteiger partial charge in [-0.2, -0.15) is 0 Å². The van der Waals surface area contributed by atoms with E-state index in [0.29, 0.717) is 34.9 Å². The Bertz CT molecular complexity index is 1590.